The van der Waals surface area contributed by atoms with Crippen LogP contribution in [0.1, 0.15) is 74.0 Å². The molecule has 2 aromatic carbocycles. The molecule has 5 rings (SSSR count). The number of hydrogen-bond acceptors (Lipinski definition) is 7. The summed E-state index contributed by atoms with van der Waals surface area (Å²) in [4.78, 5) is 30.5. The normalized spacial score (nSPS) is 21.6. The standard InChI is InChI=1S/C33H43N3O5/c1-8-34-18-15-33(24-11-9-23(10-12-24)30(37)40-7)20-25(34)13-16-35(33)21-27-26-14-17-36(31(38)41-32(3,4)5)29(26)22(2)19-28(27)39-6/h9-12,14,17,19,25H,8,13,15-16,18,20-21H2,1-7H3/t25-,33+/m0/s1. The number of likely N-dealkylation sites (tertiary alicyclic amines) is 2. The van der Waals surface area contributed by atoms with Gasteiger partial charge in [-0.15, -0.1) is 0 Å². The van der Waals surface area contributed by atoms with Crippen molar-refractivity contribution in [2.45, 2.75) is 77.6 Å². The number of ether oxygens (including phenoxy) is 3. The van der Waals surface area contributed by atoms with E-state index in [0.29, 0.717) is 18.2 Å². The van der Waals surface area contributed by atoms with Crippen molar-refractivity contribution in [3.63, 3.8) is 0 Å². The van der Waals surface area contributed by atoms with Crippen molar-refractivity contribution in [1.29, 1.82) is 0 Å². The molecule has 8 nitrogen and oxygen atoms in total. The molecule has 2 fully saturated rings. The number of fused-ring (bicyclic) bond motifs is 3. The minimum absolute atomic E-state index is 0.181. The average Bonchev–Trinajstić information content (AvgIpc) is 3.41. The number of esters is 1. The van der Waals surface area contributed by atoms with Gasteiger partial charge >= 0.3 is 12.1 Å². The number of hydrogen-bond donors (Lipinski definition) is 0. The van der Waals surface area contributed by atoms with E-state index in [4.69, 9.17) is 14.2 Å². The molecule has 8 heteroatoms. The lowest BCUT2D eigenvalue weighted by Crippen LogP contribution is -2.61. The van der Waals surface area contributed by atoms with E-state index in [1.807, 2.05) is 58.2 Å². The number of benzene rings is 2. The fourth-order valence-electron chi connectivity index (χ4n) is 6.91. The summed E-state index contributed by atoms with van der Waals surface area (Å²) < 4.78 is 18.2. The van der Waals surface area contributed by atoms with Crippen LogP contribution in [0.3, 0.4) is 0 Å². The molecule has 0 unspecified atom stereocenters. The number of rotatable bonds is 6. The fourth-order valence-corrected chi connectivity index (χ4v) is 6.91. The van der Waals surface area contributed by atoms with Crippen LogP contribution in [0.15, 0.2) is 42.6 Å². The number of carbonyl (C=O) groups is 2. The second-order valence-corrected chi connectivity index (χ2v) is 12.3. The molecule has 1 aromatic heterocycles. The van der Waals surface area contributed by atoms with E-state index >= 15 is 0 Å². The summed E-state index contributed by atoms with van der Waals surface area (Å²) in [6.07, 6.45) is 4.52. The number of nitrogens with zero attached hydrogens (tertiary/aromatic N) is 3. The Kier molecular flexibility index (Phi) is 7.92. The maximum atomic E-state index is 13.1. The first-order valence-electron chi connectivity index (χ1n) is 14.6. The van der Waals surface area contributed by atoms with Gasteiger partial charge in [-0.2, -0.15) is 0 Å². The highest BCUT2D eigenvalue weighted by molar-refractivity contribution is 5.95. The molecule has 2 atom stereocenters. The molecule has 2 bridgehead atoms. The summed E-state index contributed by atoms with van der Waals surface area (Å²) in [6.45, 7) is 13.6. The zero-order valence-electron chi connectivity index (χ0n) is 25.5. The van der Waals surface area contributed by atoms with Crippen LogP contribution in [0.25, 0.3) is 10.9 Å². The van der Waals surface area contributed by atoms with Gasteiger partial charge in [-0.3, -0.25) is 9.47 Å². The van der Waals surface area contributed by atoms with Gasteiger partial charge in [0, 0.05) is 48.4 Å². The number of piperidine rings is 2. The Morgan fingerprint density at radius 2 is 1.80 bits per heavy atom. The van der Waals surface area contributed by atoms with Crippen molar-refractivity contribution < 1.29 is 23.8 Å². The Morgan fingerprint density at radius 1 is 1.07 bits per heavy atom. The Balaban J connectivity index is 1.58. The summed E-state index contributed by atoms with van der Waals surface area (Å²) in [5.74, 6) is 0.496. The molecule has 2 aliphatic rings. The molecular weight excluding hydrogens is 518 g/mol. The number of carbonyl (C=O) groups excluding carboxylic acids is 2. The zero-order chi connectivity index (χ0) is 29.5. The summed E-state index contributed by atoms with van der Waals surface area (Å²) in [6, 6.07) is 12.5. The highest BCUT2D eigenvalue weighted by atomic mass is 16.6. The Hall–Kier alpha value is -3.36. The molecule has 0 aliphatic carbocycles. The van der Waals surface area contributed by atoms with Gasteiger partial charge in [0.15, 0.2) is 0 Å². The van der Waals surface area contributed by atoms with Crippen LogP contribution in [0.5, 0.6) is 5.75 Å². The summed E-state index contributed by atoms with van der Waals surface area (Å²) in [5, 5.41) is 0.997. The van der Waals surface area contributed by atoms with Gasteiger partial charge in [-0.25, -0.2) is 9.59 Å². The number of aromatic nitrogens is 1. The highest BCUT2D eigenvalue weighted by Crippen LogP contribution is 2.47. The van der Waals surface area contributed by atoms with Crippen molar-refractivity contribution in [1.82, 2.24) is 14.4 Å². The van der Waals surface area contributed by atoms with Crippen molar-refractivity contribution >= 4 is 23.0 Å². The monoisotopic (exact) mass is 561 g/mol. The van der Waals surface area contributed by atoms with Crippen molar-refractivity contribution in [2.75, 3.05) is 33.9 Å². The minimum atomic E-state index is -0.593. The van der Waals surface area contributed by atoms with E-state index in [9.17, 15) is 9.59 Å². The van der Waals surface area contributed by atoms with Crippen molar-refractivity contribution in [3.05, 3.63) is 64.8 Å². The van der Waals surface area contributed by atoms with Gasteiger partial charge in [0.1, 0.15) is 11.4 Å². The average molecular weight is 562 g/mol. The van der Waals surface area contributed by atoms with Crippen LogP contribution in [0, 0.1) is 6.92 Å². The van der Waals surface area contributed by atoms with E-state index in [-0.39, 0.29) is 17.6 Å². The van der Waals surface area contributed by atoms with Crippen LogP contribution in [-0.2, 0) is 21.6 Å². The lowest BCUT2D eigenvalue weighted by atomic mass is 9.72. The van der Waals surface area contributed by atoms with Gasteiger partial charge < -0.3 is 19.1 Å². The first-order chi connectivity index (χ1) is 19.5. The van der Waals surface area contributed by atoms with Crippen molar-refractivity contribution in [2.24, 2.45) is 0 Å². The molecule has 0 spiro atoms. The largest absolute Gasteiger partial charge is 0.496 e. The number of methoxy groups -OCH3 is 2. The molecule has 0 N–H and O–H groups in total. The Bertz CT molecular complexity index is 1440. The molecular formula is C33H43N3O5. The SMILES string of the molecule is CCN1CC[C@]2(c3ccc(C(=O)OC)cc3)C[C@@H]1CCN2Cc1c(OC)cc(C)c2c1ccn2C(=O)OC(C)(C)C. The summed E-state index contributed by atoms with van der Waals surface area (Å²) in [5.41, 5.74) is 3.88. The Labute approximate surface area is 243 Å². The molecule has 2 aliphatic heterocycles. The summed E-state index contributed by atoms with van der Waals surface area (Å²) >= 11 is 0. The van der Waals surface area contributed by atoms with Crippen LogP contribution in [0.4, 0.5) is 4.79 Å². The lowest BCUT2D eigenvalue weighted by molar-refractivity contribution is -0.0585. The topological polar surface area (TPSA) is 73.2 Å². The predicted octanol–water partition coefficient (Wildman–Crippen LogP) is 6.11. The molecule has 0 amide bonds. The van der Waals surface area contributed by atoms with Crippen molar-refractivity contribution in [3.8, 4) is 5.75 Å². The number of aryl methyl sites for hydroxylation is 1. The fraction of sp³-hybridized carbons (Fsp3) is 0.515. The third-order valence-corrected chi connectivity index (χ3v) is 8.88. The van der Waals surface area contributed by atoms with Gasteiger partial charge in [0.2, 0.25) is 0 Å². The van der Waals surface area contributed by atoms with Crippen LogP contribution < -0.4 is 4.74 Å². The van der Waals surface area contributed by atoms with E-state index in [2.05, 4.69) is 28.9 Å². The molecule has 2 saturated heterocycles. The second-order valence-electron chi connectivity index (χ2n) is 12.3. The smallest absolute Gasteiger partial charge is 0.419 e. The molecule has 0 saturated carbocycles. The lowest BCUT2D eigenvalue weighted by Gasteiger charge is -2.56. The second kappa shape index (κ2) is 11.1. The first-order valence-corrected chi connectivity index (χ1v) is 14.6. The zero-order valence-corrected chi connectivity index (χ0v) is 25.5. The van der Waals surface area contributed by atoms with E-state index in [0.717, 1.165) is 66.7 Å². The van der Waals surface area contributed by atoms with Gasteiger partial charge in [0.05, 0.1) is 25.3 Å². The molecule has 220 valence electrons. The van der Waals surface area contributed by atoms with Crippen LogP contribution >= 0.6 is 0 Å². The molecule has 3 heterocycles. The minimum Gasteiger partial charge on any atom is -0.496 e. The van der Waals surface area contributed by atoms with Gasteiger partial charge in [0.25, 0.3) is 0 Å². The third kappa shape index (κ3) is 5.35. The van der Waals surface area contributed by atoms with Gasteiger partial charge in [-0.05, 0) is 88.9 Å². The maximum absolute atomic E-state index is 13.1. The Morgan fingerprint density at radius 3 is 2.44 bits per heavy atom. The predicted molar refractivity (Wildman–Crippen MR) is 160 cm³/mol. The van der Waals surface area contributed by atoms with Gasteiger partial charge in [-0.1, -0.05) is 19.1 Å². The highest BCUT2D eigenvalue weighted by Gasteiger charge is 2.48. The van der Waals surface area contributed by atoms with E-state index in [1.165, 1.54) is 12.7 Å². The maximum Gasteiger partial charge on any atom is 0.419 e. The quantitative estimate of drug-likeness (QED) is 0.336. The van der Waals surface area contributed by atoms with E-state index < -0.39 is 5.60 Å². The van der Waals surface area contributed by atoms with Crippen LogP contribution in [-0.4, -0.2) is 71.9 Å². The molecule has 3 aromatic rings. The first kappa shape index (κ1) is 29.1. The van der Waals surface area contributed by atoms with E-state index in [1.54, 1.807) is 11.7 Å². The molecule has 0 radical (unpaired) electrons. The van der Waals surface area contributed by atoms with Crippen LogP contribution in [0.2, 0.25) is 0 Å². The summed E-state index contributed by atoms with van der Waals surface area (Å²) in [7, 11) is 3.12. The molecule has 41 heavy (non-hydrogen) atoms. The third-order valence-electron chi connectivity index (χ3n) is 8.88.